The molecule has 1 heteroatoms. The maximum atomic E-state index is 3.10. The number of thioether (sulfide) groups is 1. The average molecular weight is 165 g/mol. The number of hydrogen-bond acceptors (Lipinski definition) is 1. The highest BCUT2D eigenvalue weighted by atomic mass is 32.2. The van der Waals surface area contributed by atoms with E-state index in [2.05, 4.69) is 38.3 Å². The number of hydrogen-bond donors (Lipinski definition) is 0. The Bertz CT molecular complexity index is 228. The first-order chi connectivity index (χ1) is 5.25. The van der Waals surface area contributed by atoms with Crippen molar-refractivity contribution in [3.63, 3.8) is 0 Å². The molecule has 0 saturated carbocycles. The minimum atomic E-state index is 0.606. The van der Waals surface area contributed by atoms with Crippen LogP contribution in [0.4, 0.5) is 0 Å². The van der Waals surface area contributed by atoms with E-state index >= 15 is 0 Å². The summed E-state index contributed by atoms with van der Waals surface area (Å²) in [4.78, 5) is 1.37. The summed E-state index contributed by atoms with van der Waals surface area (Å²) in [6.07, 6.45) is 2.11. The molecule has 0 saturated heterocycles. The van der Waals surface area contributed by atoms with Crippen LogP contribution in [0.5, 0.6) is 0 Å². The van der Waals surface area contributed by atoms with Gasteiger partial charge < -0.3 is 0 Å². The monoisotopic (exact) mass is 165 g/mol. The molecule has 0 aliphatic carbocycles. The van der Waals surface area contributed by atoms with Crippen molar-refractivity contribution < 1.29 is 0 Å². The van der Waals surface area contributed by atoms with E-state index in [0.717, 1.165) is 0 Å². The molecule has 1 aromatic rings. The summed E-state index contributed by atoms with van der Waals surface area (Å²) in [5.74, 6) is 0.606. The molecule has 1 aromatic carbocycles. The first-order valence-corrected chi connectivity index (χ1v) is 5.02. The first kappa shape index (κ1) is 8.66. The van der Waals surface area contributed by atoms with Crippen molar-refractivity contribution in [2.75, 3.05) is 6.26 Å². The van der Waals surface area contributed by atoms with Gasteiger partial charge in [-0.1, -0.05) is 19.9 Å². The van der Waals surface area contributed by atoms with E-state index in [9.17, 15) is 0 Å². The van der Waals surface area contributed by atoms with Gasteiger partial charge in [-0.25, -0.2) is 0 Å². The lowest BCUT2D eigenvalue weighted by Crippen LogP contribution is -1.89. The zero-order chi connectivity index (χ0) is 8.27. The highest BCUT2D eigenvalue weighted by Gasteiger charge is 2.03. The Balaban J connectivity index is 3.02. The van der Waals surface area contributed by atoms with Crippen LogP contribution in [0.2, 0.25) is 0 Å². The molecule has 0 heterocycles. The molecular formula is C10H13S. The fourth-order valence-electron chi connectivity index (χ4n) is 1.07. The van der Waals surface area contributed by atoms with Crippen molar-refractivity contribution in [3.05, 3.63) is 29.8 Å². The molecule has 0 amide bonds. The predicted octanol–water partition coefficient (Wildman–Crippen LogP) is 3.33. The largest absolute Gasteiger partial charge is 0.129 e. The lowest BCUT2D eigenvalue weighted by atomic mass is 10.0. The number of benzene rings is 1. The lowest BCUT2D eigenvalue weighted by Gasteiger charge is -2.09. The Morgan fingerprint density at radius 2 is 2.18 bits per heavy atom. The van der Waals surface area contributed by atoms with Gasteiger partial charge in [0, 0.05) is 4.90 Å². The molecular weight excluding hydrogens is 152 g/mol. The Kier molecular flexibility index (Phi) is 3.01. The molecule has 0 spiro atoms. The molecule has 1 radical (unpaired) electrons. The predicted molar refractivity (Wildman–Crippen MR) is 51.1 cm³/mol. The van der Waals surface area contributed by atoms with Crippen molar-refractivity contribution >= 4 is 11.8 Å². The van der Waals surface area contributed by atoms with Gasteiger partial charge in [-0.3, -0.25) is 0 Å². The summed E-state index contributed by atoms with van der Waals surface area (Å²) in [5.41, 5.74) is 1.40. The fraction of sp³-hybridized carbons (Fsp3) is 0.400. The minimum Gasteiger partial charge on any atom is -0.129 e. The van der Waals surface area contributed by atoms with Crippen LogP contribution in [0.15, 0.2) is 23.1 Å². The molecule has 0 fully saturated rings. The van der Waals surface area contributed by atoms with Crippen molar-refractivity contribution in [1.29, 1.82) is 0 Å². The Morgan fingerprint density at radius 1 is 1.45 bits per heavy atom. The molecule has 0 aliphatic heterocycles. The second-order valence-corrected chi connectivity index (χ2v) is 3.67. The standard InChI is InChI=1S/C10H13S/c1-8(2)9-6-4-5-7-10(9)11-3/h5-8H,1-3H3. The van der Waals surface area contributed by atoms with Crippen LogP contribution in [-0.4, -0.2) is 6.26 Å². The fourth-order valence-corrected chi connectivity index (χ4v) is 1.80. The van der Waals surface area contributed by atoms with Gasteiger partial charge in [0.25, 0.3) is 0 Å². The third-order valence-electron chi connectivity index (χ3n) is 1.70. The normalized spacial score (nSPS) is 10.5. The van der Waals surface area contributed by atoms with Gasteiger partial charge in [0.15, 0.2) is 0 Å². The van der Waals surface area contributed by atoms with E-state index in [1.807, 2.05) is 6.07 Å². The van der Waals surface area contributed by atoms with Crippen LogP contribution in [0.3, 0.4) is 0 Å². The Hall–Kier alpha value is -0.430. The van der Waals surface area contributed by atoms with Gasteiger partial charge in [0.1, 0.15) is 0 Å². The summed E-state index contributed by atoms with van der Waals surface area (Å²) in [6, 6.07) is 9.28. The average Bonchev–Trinajstić information content (AvgIpc) is 2.04. The van der Waals surface area contributed by atoms with Crippen molar-refractivity contribution in [1.82, 2.24) is 0 Å². The zero-order valence-electron chi connectivity index (χ0n) is 7.22. The van der Waals surface area contributed by atoms with E-state index in [1.165, 1.54) is 10.5 Å². The molecule has 0 bridgehead atoms. The second-order valence-electron chi connectivity index (χ2n) is 2.82. The Labute approximate surface area is 73.0 Å². The van der Waals surface area contributed by atoms with Crippen LogP contribution in [0.1, 0.15) is 25.3 Å². The lowest BCUT2D eigenvalue weighted by molar-refractivity contribution is 0.842. The van der Waals surface area contributed by atoms with Gasteiger partial charge >= 0.3 is 0 Å². The Morgan fingerprint density at radius 3 is 2.64 bits per heavy atom. The molecule has 0 atom stereocenters. The number of rotatable bonds is 2. The topological polar surface area (TPSA) is 0 Å². The van der Waals surface area contributed by atoms with Crippen LogP contribution in [0.25, 0.3) is 0 Å². The quantitative estimate of drug-likeness (QED) is 0.606. The van der Waals surface area contributed by atoms with E-state index in [1.54, 1.807) is 11.8 Å². The second kappa shape index (κ2) is 3.82. The molecule has 0 aromatic heterocycles. The molecule has 0 N–H and O–H groups in total. The van der Waals surface area contributed by atoms with Crippen LogP contribution in [-0.2, 0) is 0 Å². The van der Waals surface area contributed by atoms with Gasteiger partial charge in [-0.2, -0.15) is 0 Å². The van der Waals surface area contributed by atoms with E-state index in [-0.39, 0.29) is 0 Å². The smallest absolute Gasteiger partial charge is 0.0104 e. The molecule has 11 heavy (non-hydrogen) atoms. The molecule has 0 nitrogen and oxygen atoms in total. The summed E-state index contributed by atoms with van der Waals surface area (Å²) in [5, 5.41) is 0. The molecule has 0 aliphatic rings. The third kappa shape index (κ3) is 2.00. The van der Waals surface area contributed by atoms with Crippen LogP contribution >= 0.6 is 11.8 Å². The molecule has 1 rings (SSSR count). The zero-order valence-corrected chi connectivity index (χ0v) is 8.03. The van der Waals surface area contributed by atoms with Gasteiger partial charge in [0.05, 0.1) is 0 Å². The minimum absolute atomic E-state index is 0.606. The van der Waals surface area contributed by atoms with Gasteiger partial charge in [0.2, 0.25) is 0 Å². The highest BCUT2D eigenvalue weighted by Crippen LogP contribution is 2.25. The van der Waals surface area contributed by atoms with E-state index in [0.29, 0.717) is 5.92 Å². The molecule has 59 valence electrons. The summed E-state index contributed by atoms with van der Waals surface area (Å²) < 4.78 is 0. The van der Waals surface area contributed by atoms with E-state index < -0.39 is 0 Å². The first-order valence-electron chi connectivity index (χ1n) is 3.79. The van der Waals surface area contributed by atoms with Gasteiger partial charge in [-0.15, -0.1) is 11.8 Å². The van der Waals surface area contributed by atoms with Gasteiger partial charge in [-0.05, 0) is 35.9 Å². The van der Waals surface area contributed by atoms with Crippen LogP contribution < -0.4 is 0 Å². The van der Waals surface area contributed by atoms with Crippen LogP contribution in [0, 0.1) is 6.07 Å². The van der Waals surface area contributed by atoms with Crippen molar-refractivity contribution in [3.8, 4) is 0 Å². The summed E-state index contributed by atoms with van der Waals surface area (Å²) in [7, 11) is 0. The SMILES string of the molecule is CSc1cc[c]cc1C(C)C. The summed E-state index contributed by atoms with van der Waals surface area (Å²) in [6.45, 7) is 4.42. The molecule has 0 unspecified atom stereocenters. The highest BCUT2D eigenvalue weighted by molar-refractivity contribution is 7.98. The third-order valence-corrected chi connectivity index (χ3v) is 2.51. The maximum Gasteiger partial charge on any atom is 0.0104 e. The van der Waals surface area contributed by atoms with E-state index in [4.69, 9.17) is 0 Å². The van der Waals surface area contributed by atoms with Crippen molar-refractivity contribution in [2.45, 2.75) is 24.7 Å². The maximum absolute atomic E-state index is 3.10. The van der Waals surface area contributed by atoms with Crippen molar-refractivity contribution in [2.24, 2.45) is 0 Å². The summed E-state index contributed by atoms with van der Waals surface area (Å²) >= 11 is 1.80.